The third-order valence-corrected chi connectivity index (χ3v) is 8.85. The van der Waals surface area contributed by atoms with Crippen molar-refractivity contribution in [2.24, 2.45) is 0 Å². The molecule has 0 atom stereocenters. The number of fused-ring (bicyclic) bond motifs is 3. The van der Waals surface area contributed by atoms with Gasteiger partial charge in [0.05, 0.1) is 6.61 Å². The van der Waals surface area contributed by atoms with Crippen molar-refractivity contribution in [1.82, 2.24) is 15.1 Å². The maximum absolute atomic E-state index is 13.7. The van der Waals surface area contributed by atoms with Crippen molar-refractivity contribution in [3.8, 4) is 16.9 Å². The van der Waals surface area contributed by atoms with Crippen LogP contribution in [0.4, 0.5) is 17.2 Å². The molecule has 1 spiro atoms. The zero-order valence-corrected chi connectivity index (χ0v) is 23.0. The lowest BCUT2D eigenvalue weighted by atomic mass is 9.74. The maximum atomic E-state index is 13.7. The number of carbonyl (C=O) groups is 1. The highest BCUT2D eigenvalue weighted by atomic mass is 16.5. The predicted molar refractivity (Wildman–Crippen MR) is 158 cm³/mol. The number of ether oxygens (including phenoxy) is 1. The van der Waals surface area contributed by atoms with Crippen molar-refractivity contribution in [2.75, 3.05) is 43.5 Å². The molecule has 3 aliphatic rings. The van der Waals surface area contributed by atoms with Crippen LogP contribution >= 0.6 is 0 Å². The van der Waals surface area contributed by atoms with Gasteiger partial charge in [0.2, 0.25) is 0 Å². The van der Waals surface area contributed by atoms with Crippen LogP contribution < -0.4 is 15.0 Å². The summed E-state index contributed by atoms with van der Waals surface area (Å²) in [6, 6.07) is 22.4. The molecule has 7 rings (SSSR count). The number of likely N-dealkylation sites (tertiary alicyclic amines) is 1. The van der Waals surface area contributed by atoms with E-state index >= 15 is 0 Å². The topological polar surface area (TPSA) is 70.6 Å². The Bertz CT molecular complexity index is 1580. The Morgan fingerprint density at radius 2 is 1.82 bits per heavy atom. The van der Waals surface area contributed by atoms with E-state index in [0.717, 1.165) is 72.8 Å². The van der Waals surface area contributed by atoms with E-state index in [0.29, 0.717) is 17.9 Å². The zero-order valence-electron chi connectivity index (χ0n) is 23.0. The molecule has 40 heavy (non-hydrogen) atoms. The summed E-state index contributed by atoms with van der Waals surface area (Å²) in [5.74, 6) is 1.79. The van der Waals surface area contributed by atoms with Gasteiger partial charge in [0.15, 0.2) is 5.82 Å². The Labute approximate surface area is 234 Å². The number of aryl methyl sites for hydroxylation is 1. The maximum Gasteiger partial charge on any atom is 0.258 e. The second-order valence-electron chi connectivity index (χ2n) is 11.4. The lowest BCUT2D eigenvalue weighted by Gasteiger charge is -2.37. The molecule has 4 aromatic rings. The van der Waals surface area contributed by atoms with Crippen LogP contribution in [0, 0.1) is 6.92 Å². The molecule has 202 valence electrons. The molecular weight excluding hydrogens is 498 g/mol. The predicted octanol–water partition coefficient (Wildman–Crippen LogP) is 5.75. The minimum atomic E-state index is 0.0573. The lowest BCUT2D eigenvalue weighted by molar-refractivity contribution is 0.0989. The number of hydrogen-bond donors (Lipinski definition) is 1. The number of rotatable bonds is 4. The minimum absolute atomic E-state index is 0.0573. The van der Waals surface area contributed by atoms with Gasteiger partial charge in [-0.3, -0.25) is 4.79 Å². The molecule has 0 radical (unpaired) electrons. The molecule has 4 heterocycles. The van der Waals surface area contributed by atoms with Gasteiger partial charge in [-0.15, -0.1) is 5.10 Å². The summed E-state index contributed by atoms with van der Waals surface area (Å²) in [4.78, 5) is 18.1. The lowest BCUT2D eigenvalue weighted by Crippen LogP contribution is -2.42. The van der Waals surface area contributed by atoms with Crippen LogP contribution in [-0.2, 0) is 11.8 Å². The highest BCUT2D eigenvalue weighted by Gasteiger charge is 2.44. The van der Waals surface area contributed by atoms with E-state index in [-0.39, 0.29) is 11.3 Å². The third kappa shape index (κ3) is 4.31. The molecule has 0 saturated carbocycles. The van der Waals surface area contributed by atoms with Gasteiger partial charge in [-0.25, -0.2) is 0 Å². The summed E-state index contributed by atoms with van der Waals surface area (Å²) < 4.78 is 6.20. The van der Waals surface area contributed by atoms with Gasteiger partial charge < -0.3 is 19.9 Å². The number of piperidine rings is 1. The van der Waals surface area contributed by atoms with Gasteiger partial charge in [-0.05, 0) is 117 Å². The van der Waals surface area contributed by atoms with Crippen LogP contribution in [0.5, 0.6) is 5.75 Å². The number of aromatic nitrogens is 2. The SMILES string of the molecule is Cc1cc(Nc2cccnn2)ccc1-c1ccc(C(=O)N2CCc3cc4c(cc32)C2(CCN(C)CC2)CO4)cc1. The Balaban J connectivity index is 1.11. The van der Waals surface area contributed by atoms with Gasteiger partial charge in [-0.2, -0.15) is 5.10 Å². The van der Waals surface area contributed by atoms with Crippen LogP contribution in [0.3, 0.4) is 0 Å². The number of amides is 1. The van der Waals surface area contributed by atoms with E-state index in [4.69, 9.17) is 4.74 Å². The van der Waals surface area contributed by atoms with Gasteiger partial charge in [0.1, 0.15) is 5.75 Å². The number of nitrogens with one attached hydrogen (secondary N) is 1. The molecule has 3 aromatic carbocycles. The first kappa shape index (κ1) is 24.8. The van der Waals surface area contributed by atoms with Crippen molar-refractivity contribution in [3.63, 3.8) is 0 Å². The average molecular weight is 532 g/mol. The number of hydrogen-bond acceptors (Lipinski definition) is 6. The molecule has 7 nitrogen and oxygen atoms in total. The quantitative estimate of drug-likeness (QED) is 0.361. The smallest absolute Gasteiger partial charge is 0.258 e. The van der Waals surface area contributed by atoms with Crippen molar-refractivity contribution in [1.29, 1.82) is 0 Å². The highest BCUT2D eigenvalue weighted by Crippen LogP contribution is 2.49. The zero-order chi connectivity index (χ0) is 27.3. The normalized spacial score (nSPS) is 17.4. The molecule has 1 N–H and O–H groups in total. The molecule has 1 amide bonds. The molecule has 7 heteroatoms. The third-order valence-electron chi connectivity index (χ3n) is 8.85. The summed E-state index contributed by atoms with van der Waals surface area (Å²) in [7, 11) is 2.19. The Morgan fingerprint density at radius 1 is 1.00 bits per heavy atom. The highest BCUT2D eigenvalue weighted by molar-refractivity contribution is 6.07. The van der Waals surface area contributed by atoms with Gasteiger partial charge in [-0.1, -0.05) is 18.2 Å². The number of nitrogens with zero attached hydrogens (tertiary/aromatic N) is 4. The molecule has 0 bridgehead atoms. The van der Waals surface area contributed by atoms with Crippen LogP contribution in [0.25, 0.3) is 11.1 Å². The molecule has 1 aromatic heterocycles. The average Bonchev–Trinajstić information content (AvgIpc) is 3.55. The van der Waals surface area contributed by atoms with Crippen LogP contribution in [-0.4, -0.2) is 54.3 Å². The molecular formula is C33H33N5O2. The van der Waals surface area contributed by atoms with E-state index < -0.39 is 0 Å². The first-order valence-corrected chi connectivity index (χ1v) is 14.1. The van der Waals surface area contributed by atoms with Gasteiger partial charge in [0, 0.05) is 40.7 Å². The second kappa shape index (κ2) is 9.75. The van der Waals surface area contributed by atoms with Crippen molar-refractivity contribution >= 4 is 23.1 Å². The van der Waals surface area contributed by atoms with E-state index in [9.17, 15) is 4.79 Å². The number of anilines is 3. The van der Waals surface area contributed by atoms with Crippen molar-refractivity contribution < 1.29 is 9.53 Å². The minimum Gasteiger partial charge on any atom is -0.492 e. The second-order valence-corrected chi connectivity index (χ2v) is 11.4. The van der Waals surface area contributed by atoms with Crippen molar-refractivity contribution in [3.05, 3.63) is 95.2 Å². The van der Waals surface area contributed by atoms with E-state index in [1.165, 1.54) is 11.1 Å². The first-order chi connectivity index (χ1) is 19.5. The van der Waals surface area contributed by atoms with E-state index in [1.54, 1.807) is 6.20 Å². The van der Waals surface area contributed by atoms with Crippen LogP contribution in [0.15, 0.2) is 72.9 Å². The van der Waals surface area contributed by atoms with Crippen LogP contribution in [0.2, 0.25) is 0 Å². The Hall–Kier alpha value is -4.23. The van der Waals surface area contributed by atoms with Gasteiger partial charge >= 0.3 is 0 Å². The number of carbonyl (C=O) groups excluding carboxylic acids is 1. The molecule has 1 fully saturated rings. The summed E-state index contributed by atoms with van der Waals surface area (Å²) in [5.41, 5.74) is 8.66. The van der Waals surface area contributed by atoms with Crippen LogP contribution in [0.1, 0.15) is 39.9 Å². The molecule has 3 aliphatic heterocycles. The Morgan fingerprint density at radius 3 is 2.58 bits per heavy atom. The first-order valence-electron chi connectivity index (χ1n) is 14.1. The van der Waals surface area contributed by atoms with E-state index in [2.05, 4.69) is 58.7 Å². The summed E-state index contributed by atoms with van der Waals surface area (Å²) in [5, 5.41) is 11.3. The fourth-order valence-corrected chi connectivity index (χ4v) is 6.44. The van der Waals surface area contributed by atoms with Crippen molar-refractivity contribution in [2.45, 2.75) is 31.6 Å². The fourth-order valence-electron chi connectivity index (χ4n) is 6.44. The largest absolute Gasteiger partial charge is 0.492 e. The molecule has 0 unspecified atom stereocenters. The van der Waals surface area contributed by atoms with Gasteiger partial charge in [0.25, 0.3) is 5.91 Å². The number of benzene rings is 3. The Kier molecular flexibility index (Phi) is 6.04. The standard InChI is InChI=1S/C33H33N5O2/c1-22-18-26(35-31-4-3-14-34-36-31)9-10-27(22)23-5-7-24(8-6-23)32(39)38-15-11-25-19-30-28(20-29(25)38)33(21-40-30)12-16-37(2)17-13-33/h3-10,14,18-20H,11-13,15-17,21H2,1-2H3,(H,35,36). The fraction of sp³-hybridized carbons (Fsp3) is 0.303. The monoisotopic (exact) mass is 531 g/mol. The van der Waals surface area contributed by atoms with E-state index in [1.807, 2.05) is 47.4 Å². The summed E-state index contributed by atoms with van der Waals surface area (Å²) >= 11 is 0. The molecule has 0 aliphatic carbocycles. The summed E-state index contributed by atoms with van der Waals surface area (Å²) in [6.07, 6.45) is 4.71. The molecule has 1 saturated heterocycles. The summed E-state index contributed by atoms with van der Waals surface area (Å²) in [6.45, 7) is 5.71.